The van der Waals surface area contributed by atoms with Crippen LogP contribution >= 0.6 is 0 Å². The zero-order valence-electron chi connectivity index (χ0n) is 11.6. The topological polar surface area (TPSA) is 57.6 Å². The monoisotopic (exact) mass is 243 g/mol. The number of nitrogens with zero attached hydrogens (tertiary/aromatic N) is 1. The number of carbonyl (C=O) groups excluding carboxylic acids is 1. The van der Waals surface area contributed by atoms with E-state index >= 15 is 0 Å². The lowest BCUT2D eigenvalue weighted by Gasteiger charge is -2.34. The van der Waals surface area contributed by atoms with E-state index in [1.807, 2.05) is 6.92 Å². The molecule has 0 fully saturated rings. The summed E-state index contributed by atoms with van der Waals surface area (Å²) in [6, 6.07) is 0. The Bertz CT molecular complexity index is 274. The van der Waals surface area contributed by atoms with Crippen LogP contribution in [0.1, 0.15) is 53.4 Å². The summed E-state index contributed by atoms with van der Waals surface area (Å²) in [5.41, 5.74) is -1.14. The van der Waals surface area contributed by atoms with E-state index in [2.05, 4.69) is 6.92 Å². The van der Waals surface area contributed by atoms with Crippen LogP contribution in [0.15, 0.2) is 0 Å². The number of hydrogen-bond donors (Lipinski definition) is 1. The minimum Gasteiger partial charge on any atom is -0.480 e. The van der Waals surface area contributed by atoms with E-state index in [4.69, 9.17) is 5.11 Å². The van der Waals surface area contributed by atoms with Gasteiger partial charge in [0.05, 0.1) is 0 Å². The van der Waals surface area contributed by atoms with Crippen molar-refractivity contribution in [2.45, 2.75) is 58.9 Å². The molecule has 1 amide bonds. The predicted molar refractivity (Wildman–Crippen MR) is 67.8 cm³/mol. The number of aliphatic carboxylic acids is 1. The highest BCUT2D eigenvalue weighted by atomic mass is 16.4. The van der Waals surface area contributed by atoms with Crippen molar-refractivity contribution in [3.8, 4) is 0 Å². The second kappa shape index (κ2) is 6.62. The largest absolute Gasteiger partial charge is 0.480 e. The van der Waals surface area contributed by atoms with Crippen LogP contribution < -0.4 is 0 Å². The number of unbranched alkanes of at least 4 members (excludes halogenated alkanes) is 1. The molecule has 0 rings (SSSR count). The van der Waals surface area contributed by atoms with E-state index in [0.717, 1.165) is 25.7 Å². The van der Waals surface area contributed by atoms with Crippen LogP contribution in [0.5, 0.6) is 0 Å². The van der Waals surface area contributed by atoms with Gasteiger partial charge in [-0.15, -0.1) is 0 Å². The SMILES string of the molecule is CCCCC(CC)C(=O)N(C)C(C)(C)C(=O)O. The third-order valence-corrected chi connectivity index (χ3v) is 3.44. The Balaban J connectivity index is 4.71. The van der Waals surface area contributed by atoms with Gasteiger partial charge in [-0.2, -0.15) is 0 Å². The van der Waals surface area contributed by atoms with Gasteiger partial charge in [-0.1, -0.05) is 26.7 Å². The molecule has 0 saturated carbocycles. The predicted octanol–water partition coefficient (Wildman–Crippen LogP) is 2.52. The lowest BCUT2D eigenvalue weighted by atomic mass is 9.95. The van der Waals surface area contributed by atoms with Gasteiger partial charge in [0, 0.05) is 13.0 Å². The second-order valence-electron chi connectivity index (χ2n) is 5.01. The molecule has 17 heavy (non-hydrogen) atoms. The molecular formula is C13H25NO3. The molecule has 0 bridgehead atoms. The first-order valence-corrected chi connectivity index (χ1v) is 6.30. The number of likely N-dealkylation sites (N-methyl/N-ethyl adjacent to an activating group) is 1. The highest BCUT2D eigenvalue weighted by molar-refractivity contribution is 5.87. The maximum atomic E-state index is 12.2. The molecule has 100 valence electrons. The van der Waals surface area contributed by atoms with Crippen LogP contribution in [0, 0.1) is 5.92 Å². The van der Waals surface area contributed by atoms with E-state index in [0.29, 0.717) is 0 Å². The van der Waals surface area contributed by atoms with Crippen molar-refractivity contribution >= 4 is 11.9 Å². The van der Waals surface area contributed by atoms with E-state index in [1.54, 1.807) is 20.9 Å². The molecule has 0 aliphatic carbocycles. The Morgan fingerprint density at radius 2 is 1.82 bits per heavy atom. The number of carboxylic acids is 1. The fourth-order valence-electron chi connectivity index (χ4n) is 1.65. The molecule has 0 radical (unpaired) electrons. The van der Waals surface area contributed by atoms with Gasteiger partial charge < -0.3 is 10.0 Å². The fourth-order valence-corrected chi connectivity index (χ4v) is 1.65. The maximum Gasteiger partial charge on any atom is 0.329 e. The van der Waals surface area contributed by atoms with Crippen molar-refractivity contribution in [3.63, 3.8) is 0 Å². The molecular weight excluding hydrogens is 218 g/mol. The molecule has 1 N–H and O–H groups in total. The van der Waals surface area contributed by atoms with E-state index in [1.165, 1.54) is 4.90 Å². The van der Waals surface area contributed by atoms with Gasteiger partial charge in [-0.05, 0) is 26.7 Å². The molecule has 0 aliphatic heterocycles. The molecule has 0 aromatic heterocycles. The molecule has 0 spiro atoms. The summed E-state index contributed by atoms with van der Waals surface area (Å²) in [6.45, 7) is 7.17. The maximum absolute atomic E-state index is 12.2. The van der Waals surface area contributed by atoms with Gasteiger partial charge >= 0.3 is 5.97 Å². The third-order valence-electron chi connectivity index (χ3n) is 3.44. The van der Waals surface area contributed by atoms with Crippen LogP contribution in [0.2, 0.25) is 0 Å². The Kier molecular flexibility index (Phi) is 6.21. The molecule has 4 heteroatoms. The first kappa shape index (κ1) is 15.9. The summed E-state index contributed by atoms with van der Waals surface area (Å²) in [7, 11) is 1.57. The van der Waals surface area contributed by atoms with Gasteiger partial charge in [0.1, 0.15) is 5.54 Å². The Hall–Kier alpha value is -1.06. The lowest BCUT2D eigenvalue weighted by molar-refractivity contribution is -0.157. The van der Waals surface area contributed by atoms with Crippen LogP contribution in [0.4, 0.5) is 0 Å². The van der Waals surface area contributed by atoms with Crippen LogP contribution in [-0.4, -0.2) is 34.5 Å². The van der Waals surface area contributed by atoms with Crippen molar-refractivity contribution < 1.29 is 14.7 Å². The molecule has 0 aromatic rings. The van der Waals surface area contributed by atoms with Crippen molar-refractivity contribution in [1.82, 2.24) is 4.90 Å². The minimum absolute atomic E-state index is 0.0569. The number of hydrogen-bond acceptors (Lipinski definition) is 2. The third kappa shape index (κ3) is 4.02. The number of carbonyl (C=O) groups is 2. The van der Waals surface area contributed by atoms with Crippen molar-refractivity contribution in [2.24, 2.45) is 5.92 Å². The zero-order chi connectivity index (χ0) is 13.6. The fraction of sp³-hybridized carbons (Fsp3) is 0.846. The summed E-state index contributed by atoms with van der Waals surface area (Å²) in [5, 5.41) is 9.10. The van der Waals surface area contributed by atoms with Crippen molar-refractivity contribution in [2.75, 3.05) is 7.05 Å². The molecule has 0 heterocycles. The molecule has 1 unspecified atom stereocenters. The second-order valence-corrected chi connectivity index (χ2v) is 5.01. The highest BCUT2D eigenvalue weighted by Crippen LogP contribution is 2.21. The molecule has 1 atom stereocenters. The Morgan fingerprint density at radius 3 is 2.18 bits per heavy atom. The molecule has 0 aromatic carbocycles. The van der Waals surface area contributed by atoms with E-state index < -0.39 is 11.5 Å². The van der Waals surface area contributed by atoms with Gasteiger partial charge in [-0.25, -0.2) is 4.79 Å². The minimum atomic E-state index is -1.14. The van der Waals surface area contributed by atoms with Gasteiger partial charge in [0.25, 0.3) is 0 Å². The van der Waals surface area contributed by atoms with Crippen LogP contribution in [0.3, 0.4) is 0 Å². The molecule has 4 nitrogen and oxygen atoms in total. The summed E-state index contributed by atoms with van der Waals surface area (Å²) < 4.78 is 0. The first-order valence-electron chi connectivity index (χ1n) is 6.30. The lowest BCUT2D eigenvalue weighted by Crippen LogP contribution is -2.52. The van der Waals surface area contributed by atoms with Gasteiger partial charge in [0.2, 0.25) is 5.91 Å². The van der Waals surface area contributed by atoms with E-state index in [-0.39, 0.29) is 11.8 Å². The van der Waals surface area contributed by atoms with Gasteiger partial charge in [-0.3, -0.25) is 4.79 Å². The summed E-state index contributed by atoms with van der Waals surface area (Å²) in [6.07, 6.45) is 3.66. The molecule has 0 saturated heterocycles. The summed E-state index contributed by atoms with van der Waals surface area (Å²) in [5.74, 6) is -1.09. The normalized spacial score (nSPS) is 13.2. The van der Waals surface area contributed by atoms with Crippen molar-refractivity contribution in [1.29, 1.82) is 0 Å². The van der Waals surface area contributed by atoms with E-state index in [9.17, 15) is 9.59 Å². The number of carboxylic acid groups (broad SMARTS) is 1. The summed E-state index contributed by atoms with van der Waals surface area (Å²) in [4.78, 5) is 24.7. The van der Waals surface area contributed by atoms with Crippen LogP contribution in [0.25, 0.3) is 0 Å². The quantitative estimate of drug-likeness (QED) is 0.747. The van der Waals surface area contributed by atoms with Crippen LogP contribution in [-0.2, 0) is 9.59 Å². The average Bonchev–Trinajstić information content (AvgIpc) is 2.28. The van der Waals surface area contributed by atoms with Gasteiger partial charge in [0.15, 0.2) is 0 Å². The number of amides is 1. The standard InChI is InChI=1S/C13H25NO3/c1-6-8-9-10(7-2)11(15)14(5)13(3,4)12(16)17/h10H,6-9H2,1-5H3,(H,16,17). The zero-order valence-corrected chi connectivity index (χ0v) is 11.6. The molecule has 0 aliphatic rings. The summed E-state index contributed by atoms with van der Waals surface area (Å²) >= 11 is 0. The number of rotatable bonds is 7. The average molecular weight is 243 g/mol. The first-order chi connectivity index (χ1) is 7.78. The van der Waals surface area contributed by atoms with Crippen molar-refractivity contribution in [3.05, 3.63) is 0 Å². The smallest absolute Gasteiger partial charge is 0.329 e. The highest BCUT2D eigenvalue weighted by Gasteiger charge is 2.37. The Labute approximate surface area is 104 Å². The Morgan fingerprint density at radius 1 is 1.29 bits per heavy atom.